The Bertz CT molecular complexity index is 430. The van der Waals surface area contributed by atoms with Crippen LogP contribution in [0.25, 0.3) is 0 Å². The molecule has 0 aliphatic carbocycles. The van der Waals surface area contributed by atoms with Crippen molar-refractivity contribution in [2.24, 2.45) is 0 Å². The zero-order valence-electron chi connectivity index (χ0n) is 8.61. The highest BCUT2D eigenvalue weighted by Gasteiger charge is 2.14. The fourth-order valence-electron chi connectivity index (χ4n) is 1.08. The van der Waals surface area contributed by atoms with Gasteiger partial charge in [0, 0.05) is 7.05 Å². The molecule has 82 valence electrons. The maximum absolute atomic E-state index is 13.4. The lowest BCUT2D eigenvalue weighted by atomic mass is 10.4. The smallest absolute Gasteiger partial charge is 0.224 e. The monoisotopic (exact) mass is 220 g/mol. The second-order valence-corrected chi connectivity index (χ2v) is 2.79. The van der Waals surface area contributed by atoms with E-state index in [1.165, 1.54) is 4.90 Å². The molecule has 0 bridgehead atoms. The fourth-order valence-corrected chi connectivity index (χ4v) is 1.08. The predicted octanol–water partition coefficient (Wildman–Crippen LogP) is 0.511. The van der Waals surface area contributed by atoms with Gasteiger partial charge in [0.1, 0.15) is 13.1 Å². The molecular formula is C9H9FN6. The predicted molar refractivity (Wildman–Crippen MR) is 55.0 cm³/mol. The molecule has 7 heteroatoms. The van der Waals surface area contributed by atoms with Crippen molar-refractivity contribution in [2.45, 2.75) is 0 Å². The molecule has 6 nitrogen and oxygen atoms in total. The lowest BCUT2D eigenvalue weighted by molar-refractivity contribution is 0.609. The number of nitriles is 2. The van der Waals surface area contributed by atoms with E-state index in [-0.39, 0.29) is 24.9 Å². The number of nitrogens with one attached hydrogen (secondary N) is 1. The van der Waals surface area contributed by atoms with Gasteiger partial charge >= 0.3 is 0 Å². The Hall–Kier alpha value is -2.41. The van der Waals surface area contributed by atoms with Crippen molar-refractivity contribution >= 4 is 11.8 Å². The topological polar surface area (TPSA) is 88.6 Å². The van der Waals surface area contributed by atoms with Crippen LogP contribution in [0, 0.1) is 28.5 Å². The van der Waals surface area contributed by atoms with E-state index < -0.39 is 5.82 Å². The van der Waals surface area contributed by atoms with Crippen molar-refractivity contribution in [1.82, 2.24) is 9.97 Å². The van der Waals surface area contributed by atoms with Crippen molar-refractivity contribution in [1.29, 1.82) is 10.5 Å². The van der Waals surface area contributed by atoms with Crippen molar-refractivity contribution in [2.75, 3.05) is 30.4 Å². The van der Waals surface area contributed by atoms with Gasteiger partial charge in [-0.3, -0.25) is 0 Å². The Kier molecular flexibility index (Phi) is 3.98. The van der Waals surface area contributed by atoms with Gasteiger partial charge < -0.3 is 10.2 Å². The highest BCUT2D eigenvalue weighted by atomic mass is 19.1. The molecule has 0 saturated carbocycles. The molecule has 0 aliphatic rings. The van der Waals surface area contributed by atoms with Gasteiger partial charge in [-0.1, -0.05) is 0 Å². The normalized spacial score (nSPS) is 9.00. The van der Waals surface area contributed by atoms with Crippen molar-refractivity contribution in [3.8, 4) is 12.1 Å². The van der Waals surface area contributed by atoms with Crippen LogP contribution in [-0.2, 0) is 0 Å². The van der Waals surface area contributed by atoms with Crippen molar-refractivity contribution < 1.29 is 4.39 Å². The van der Waals surface area contributed by atoms with Crippen LogP contribution in [0.1, 0.15) is 0 Å². The van der Waals surface area contributed by atoms with E-state index in [0.717, 1.165) is 6.20 Å². The maximum atomic E-state index is 13.4. The van der Waals surface area contributed by atoms with Crippen LogP contribution in [0.3, 0.4) is 0 Å². The summed E-state index contributed by atoms with van der Waals surface area (Å²) < 4.78 is 13.4. The van der Waals surface area contributed by atoms with Gasteiger partial charge in [-0.15, -0.1) is 0 Å². The van der Waals surface area contributed by atoms with Gasteiger partial charge in [-0.05, 0) is 0 Å². The molecule has 0 fully saturated rings. The van der Waals surface area contributed by atoms with E-state index in [4.69, 9.17) is 10.5 Å². The third kappa shape index (κ3) is 2.55. The van der Waals surface area contributed by atoms with Gasteiger partial charge in [-0.2, -0.15) is 15.5 Å². The molecule has 0 saturated heterocycles. The molecule has 1 aromatic rings. The van der Waals surface area contributed by atoms with Crippen molar-refractivity contribution in [3.63, 3.8) is 0 Å². The molecule has 0 spiro atoms. The van der Waals surface area contributed by atoms with Crippen LogP contribution in [0.4, 0.5) is 16.2 Å². The molecular weight excluding hydrogens is 211 g/mol. The number of nitrogens with zero attached hydrogens (tertiary/aromatic N) is 5. The molecule has 1 heterocycles. The van der Waals surface area contributed by atoms with E-state index in [0.29, 0.717) is 0 Å². The molecule has 0 amide bonds. The molecule has 0 unspecified atom stereocenters. The van der Waals surface area contributed by atoms with Crippen LogP contribution >= 0.6 is 0 Å². The van der Waals surface area contributed by atoms with Gasteiger partial charge in [0.15, 0.2) is 11.6 Å². The number of anilines is 2. The Morgan fingerprint density at radius 3 is 2.56 bits per heavy atom. The Labute approximate surface area is 92.0 Å². The fraction of sp³-hybridized carbons (Fsp3) is 0.333. The molecule has 0 radical (unpaired) electrons. The first kappa shape index (κ1) is 11.7. The Balaban J connectivity index is 3.08. The first-order valence-electron chi connectivity index (χ1n) is 4.42. The third-order valence-electron chi connectivity index (χ3n) is 1.77. The summed E-state index contributed by atoms with van der Waals surface area (Å²) in [5, 5.41) is 19.8. The van der Waals surface area contributed by atoms with E-state index in [9.17, 15) is 4.39 Å². The van der Waals surface area contributed by atoms with E-state index in [1.54, 1.807) is 7.05 Å². The second kappa shape index (κ2) is 5.47. The second-order valence-electron chi connectivity index (χ2n) is 2.79. The summed E-state index contributed by atoms with van der Waals surface area (Å²) in [6.45, 7) is -0.213. The van der Waals surface area contributed by atoms with Gasteiger partial charge in [0.2, 0.25) is 5.95 Å². The number of hydrogen-bond acceptors (Lipinski definition) is 6. The van der Waals surface area contributed by atoms with Gasteiger partial charge in [0.05, 0.1) is 18.3 Å². The summed E-state index contributed by atoms with van der Waals surface area (Å²) in [5.74, 6) is -0.482. The molecule has 0 atom stereocenters. The minimum Gasteiger partial charge on any atom is -0.357 e. The van der Waals surface area contributed by atoms with E-state index in [1.807, 2.05) is 12.1 Å². The number of aromatic nitrogens is 2. The third-order valence-corrected chi connectivity index (χ3v) is 1.77. The minimum atomic E-state index is -0.662. The zero-order valence-corrected chi connectivity index (χ0v) is 8.61. The molecule has 1 N–H and O–H groups in total. The summed E-state index contributed by atoms with van der Waals surface area (Å²) in [4.78, 5) is 8.76. The largest absolute Gasteiger partial charge is 0.357 e. The molecule has 1 aromatic heterocycles. The zero-order chi connectivity index (χ0) is 12.0. The summed E-state index contributed by atoms with van der Waals surface area (Å²) in [5.41, 5.74) is 0. The Morgan fingerprint density at radius 1 is 1.44 bits per heavy atom. The summed E-state index contributed by atoms with van der Waals surface area (Å²) in [7, 11) is 1.59. The summed E-state index contributed by atoms with van der Waals surface area (Å²) in [6, 6.07) is 3.69. The van der Waals surface area contributed by atoms with Crippen LogP contribution in [0.15, 0.2) is 6.20 Å². The van der Waals surface area contributed by atoms with Crippen LogP contribution in [0.2, 0.25) is 0 Å². The summed E-state index contributed by atoms with van der Waals surface area (Å²) >= 11 is 0. The Morgan fingerprint density at radius 2 is 2.06 bits per heavy atom. The van der Waals surface area contributed by atoms with Crippen LogP contribution in [-0.4, -0.2) is 30.1 Å². The van der Waals surface area contributed by atoms with Crippen molar-refractivity contribution in [3.05, 3.63) is 12.0 Å². The first-order valence-corrected chi connectivity index (χ1v) is 4.42. The molecule has 0 aliphatic heterocycles. The van der Waals surface area contributed by atoms with E-state index >= 15 is 0 Å². The standard InChI is InChI=1S/C9H9FN6/c1-13-9-14-6-7(10)8(15-9)16(4-2-11)5-3-12/h6H,4-5H2,1H3,(H,13,14,15). The highest BCUT2D eigenvalue weighted by molar-refractivity contribution is 5.45. The molecule has 0 aromatic carbocycles. The quantitative estimate of drug-likeness (QED) is 0.744. The number of hydrogen-bond donors (Lipinski definition) is 1. The number of rotatable bonds is 4. The van der Waals surface area contributed by atoms with E-state index in [2.05, 4.69) is 15.3 Å². The number of halogens is 1. The average molecular weight is 220 g/mol. The summed E-state index contributed by atoms with van der Waals surface area (Å²) in [6.07, 6.45) is 0.996. The van der Waals surface area contributed by atoms with Crippen LogP contribution in [0.5, 0.6) is 0 Å². The lowest BCUT2D eigenvalue weighted by Crippen LogP contribution is -2.26. The molecule has 16 heavy (non-hydrogen) atoms. The van der Waals surface area contributed by atoms with Crippen LogP contribution < -0.4 is 10.2 Å². The first-order chi connectivity index (χ1) is 7.72. The minimum absolute atomic E-state index is 0.0533. The molecule has 1 rings (SSSR count). The lowest BCUT2D eigenvalue weighted by Gasteiger charge is -2.17. The van der Waals surface area contributed by atoms with Gasteiger partial charge in [0.25, 0.3) is 0 Å². The SMILES string of the molecule is CNc1ncc(F)c(N(CC#N)CC#N)n1. The average Bonchev–Trinajstić information content (AvgIpc) is 2.29. The maximum Gasteiger partial charge on any atom is 0.224 e. The van der Waals surface area contributed by atoms with Gasteiger partial charge in [-0.25, -0.2) is 9.37 Å². The highest BCUT2D eigenvalue weighted by Crippen LogP contribution is 2.16.